The monoisotopic (exact) mass is 266 g/mol. The molecule has 0 fully saturated rings. The highest BCUT2D eigenvalue weighted by atomic mass is 16.5. The van der Waals surface area contributed by atoms with Crippen LogP contribution in [0.3, 0.4) is 0 Å². The molecule has 104 valence electrons. The van der Waals surface area contributed by atoms with Gasteiger partial charge in [0.05, 0.1) is 7.11 Å². The van der Waals surface area contributed by atoms with Gasteiger partial charge in [-0.1, -0.05) is 43.4 Å². The normalized spacial score (nSPS) is 21.6. The Kier molecular flexibility index (Phi) is 3.77. The number of benzene rings is 1. The van der Waals surface area contributed by atoms with Gasteiger partial charge >= 0.3 is 0 Å². The van der Waals surface area contributed by atoms with Crippen molar-refractivity contribution in [3.63, 3.8) is 0 Å². The highest BCUT2D eigenvalue weighted by Gasteiger charge is 2.15. The number of allylic oxidation sites excluding steroid dienone is 5. The van der Waals surface area contributed by atoms with E-state index in [0.29, 0.717) is 5.92 Å². The van der Waals surface area contributed by atoms with E-state index in [9.17, 15) is 0 Å². The molecule has 2 aliphatic carbocycles. The van der Waals surface area contributed by atoms with Crippen LogP contribution in [0.15, 0.2) is 47.6 Å². The lowest BCUT2D eigenvalue weighted by Crippen LogP contribution is -1.96. The van der Waals surface area contributed by atoms with Crippen molar-refractivity contribution in [2.75, 3.05) is 7.11 Å². The molecule has 0 bridgehead atoms. The lowest BCUT2D eigenvalue weighted by Gasteiger charge is -2.14. The minimum Gasteiger partial charge on any atom is -0.496 e. The van der Waals surface area contributed by atoms with Crippen LogP contribution in [0, 0.1) is 5.92 Å². The zero-order valence-electron chi connectivity index (χ0n) is 12.4. The molecule has 0 radical (unpaired) electrons. The lowest BCUT2D eigenvalue weighted by molar-refractivity contribution is 0.409. The van der Waals surface area contributed by atoms with Crippen molar-refractivity contribution in [3.05, 3.63) is 58.7 Å². The van der Waals surface area contributed by atoms with Gasteiger partial charge in [-0.05, 0) is 54.4 Å². The minimum absolute atomic E-state index is 0.678. The molecule has 0 saturated heterocycles. The number of hydrogen-bond donors (Lipinski definition) is 0. The summed E-state index contributed by atoms with van der Waals surface area (Å²) in [6.07, 6.45) is 14.0. The van der Waals surface area contributed by atoms with Crippen LogP contribution in [-0.2, 0) is 6.42 Å². The number of hydrogen-bond acceptors (Lipinski definition) is 1. The van der Waals surface area contributed by atoms with Crippen molar-refractivity contribution in [1.29, 1.82) is 0 Å². The maximum Gasteiger partial charge on any atom is 0.122 e. The van der Waals surface area contributed by atoms with Crippen molar-refractivity contribution < 1.29 is 4.74 Å². The van der Waals surface area contributed by atoms with Gasteiger partial charge in [-0.3, -0.25) is 0 Å². The Bertz CT molecular complexity index is 590. The molecule has 0 amide bonds. The first kappa shape index (κ1) is 13.2. The van der Waals surface area contributed by atoms with Crippen LogP contribution in [0.2, 0.25) is 0 Å². The highest BCUT2D eigenvalue weighted by molar-refractivity contribution is 5.66. The standard InChI is InChI=1S/C19H22O/c1-14-9-11-15(12-10-14)16-5-3-7-18-17(13-16)6-4-8-19(18)20-2/h4,6,8-9,11-14H,3,5,7,10H2,1-2H3. The third kappa shape index (κ3) is 2.58. The molecular formula is C19H22O. The van der Waals surface area contributed by atoms with Crippen LogP contribution < -0.4 is 4.74 Å². The van der Waals surface area contributed by atoms with Crippen molar-refractivity contribution in [2.45, 2.75) is 32.6 Å². The quantitative estimate of drug-likeness (QED) is 0.737. The third-order valence-electron chi connectivity index (χ3n) is 4.28. The van der Waals surface area contributed by atoms with E-state index in [4.69, 9.17) is 4.74 Å². The van der Waals surface area contributed by atoms with E-state index in [1.165, 1.54) is 28.7 Å². The van der Waals surface area contributed by atoms with Crippen molar-refractivity contribution in [2.24, 2.45) is 5.92 Å². The SMILES string of the molecule is COc1cccc2c1CCCC(C1=CCC(C)C=C1)=C2. The van der Waals surface area contributed by atoms with Crippen LogP contribution in [-0.4, -0.2) is 7.11 Å². The molecule has 3 rings (SSSR count). The first-order valence-electron chi connectivity index (χ1n) is 7.53. The number of methoxy groups -OCH3 is 1. The summed E-state index contributed by atoms with van der Waals surface area (Å²) in [6, 6.07) is 6.36. The Hall–Kier alpha value is -1.76. The summed E-state index contributed by atoms with van der Waals surface area (Å²) in [5.41, 5.74) is 5.57. The number of rotatable bonds is 2. The fourth-order valence-electron chi connectivity index (χ4n) is 3.09. The molecule has 1 heteroatoms. The summed E-state index contributed by atoms with van der Waals surface area (Å²) >= 11 is 0. The Labute approximate surface area is 121 Å². The highest BCUT2D eigenvalue weighted by Crippen LogP contribution is 2.33. The van der Waals surface area contributed by atoms with Gasteiger partial charge in [0.15, 0.2) is 0 Å². The van der Waals surface area contributed by atoms with Crippen LogP contribution >= 0.6 is 0 Å². The van der Waals surface area contributed by atoms with Gasteiger partial charge in [-0.2, -0.15) is 0 Å². The molecule has 0 aromatic heterocycles. The largest absolute Gasteiger partial charge is 0.496 e. The van der Waals surface area contributed by atoms with Gasteiger partial charge < -0.3 is 4.74 Å². The topological polar surface area (TPSA) is 9.23 Å². The van der Waals surface area contributed by atoms with Gasteiger partial charge in [-0.15, -0.1) is 0 Å². The summed E-state index contributed by atoms with van der Waals surface area (Å²) in [5, 5.41) is 0. The first-order chi connectivity index (χ1) is 9.78. The minimum atomic E-state index is 0.678. The van der Waals surface area contributed by atoms with E-state index in [-0.39, 0.29) is 0 Å². The summed E-state index contributed by atoms with van der Waals surface area (Å²) in [5.74, 6) is 1.71. The lowest BCUT2D eigenvalue weighted by atomic mass is 9.92. The summed E-state index contributed by atoms with van der Waals surface area (Å²) < 4.78 is 5.51. The molecular weight excluding hydrogens is 244 g/mol. The predicted molar refractivity (Wildman–Crippen MR) is 84.9 cm³/mol. The van der Waals surface area contributed by atoms with Crippen LogP contribution in [0.5, 0.6) is 5.75 Å². The molecule has 0 aliphatic heterocycles. The molecule has 1 atom stereocenters. The van der Waals surface area contributed by atoms with E-state index in [0.717, 1.165) is 25.0 Å². The second kappa shape index (κ2) is 5.70. The Balaban J connectivity index is 1.97. The van der Waals surface area contributed by atoms with E-state index in [2.05, 4.69) is 49.4 Å². The average Bonchev–Trinajstić information content (AvgIpc) is 2.70. The van der Waals surface area contributed by atoms with Gasteiger partial charge in [0, 0.05) is 5.56 Å². The van der Waals surface area contributed by atoms with E-state index >= 15 is 0 Å². The fraction of sp³-hybridized carbons (Fsp3) is 0.368. The Morgan fingerprint density at radius 2 is 2.10 bits per heavy atom. The maximum absolute atomic E-state index is 5.51. The molecule has 0 heterocycles. The molecule has 1 aromatic carbocycles. The molecule has 20 heavy (non-hydrogen) atoms. The summed E-state index contributed by atoms with van der Waals surface area (Å²) in [4.78, 5) is 0. The zero-order chi connectivity index (χ0) is 13.9. The molecule has 1 unspecified atom stereocenters. The van der Waals surface area contributed by atoms with Crippen LogP contribution in [0.25, 0.3) is 6.08 Å². The van der Waals surface area contributed by atoms with E-state index in [1.54, 1.807) is 7.11 Å². The third-order valence-corrected chi connectivity index (χ3v) is 4.28. The van der Waals surface area contributed by atoms with Crippen molar-refractivity contribution in [3.8, 4) is 5.75 Å². The average molecular weight is 266 g/mol. The molecule has 0 saturated carbocycles. The Morgan fingerprint density at radius 3 is 2.85 bits per heavy atom. The van der Waals surface area contributed by atoms with Crippen molar-refractivity contribution in [1.82, 2.24) is 0 Å². The van der Waals surface area contributed by atoms with Gasteiger partial charge in [0.25, 0.3) is 0 Å². The van der Waals surface area contributed by atoms with E-state index in [1.807, 2.05) is 0 Å². The maximum atomic E-state index is 5.51. The smallest absolute Gasteiger partial charge is 0.122 e. The van der Waals surface area contributed by atoms with Gasteiger partial charge in [-0.25, -0.2) is 0 Å². The van der Waals surface area contributed by atoms with Crippen LogP contribution in [0.4, 0.5) is 0 Å². The molecule has 1 aromatic rings. The molecule has 0 N–H and O–H groups in total. The van der Waals surface area contributed by atoms with Crippen LogP contribution in [0.1, 0.15) is 37.3 Å². The Morgan fingerprint density at radius 1 is 1.20 bits per heavy atom. The second-order valence-electron chi connectivity index (χ2n) is 5.78. The second-order valence-corrected chi connectivity index (χ2v) is 5.78. The first-order valence-corrected chi connectivity index (χ1v) is 7.53. The molecule has 1 nitrogen and oxygen atoms in total. The number of ether oxygens (including phenoxy) is 1. The number of fused-ring (bicyclic) bond motifs is 1. The van der Waals surface area contributed by atoms with Gasteiger partial charge in [0.1, 0.15) is 5.75 Å². The van der Waals surface area contributed by atoms with E-state index < -0.39 is 0 Å². The summed E-state index contributed by atoms with van der Waals surface area (Å²) in [7, 11) is 1.76. The van der Waals surface area contributed by atoms with Crippen molar-refractivity contribution >= 4 is 6.08 Å². The zero-order valence-corrected chi connectivity index (χ0v) is 12.4. The summed E-state index contributed by atoms with van der Waals surface area (Å²) in [6.45, 7) is 2.27. The van der Waals surface area contributed by atoms with Gasteiger partial charge in [0.2, 0.25) is 0 Å². The predicted octanol–water partition coefficient (Wildman–Crippen LogP) is 4.94. The fourth-order valence-corrected chi connectivity index (χ4v) is 3.09. The molecule has 0 spiro atoms. The molecule has 2 aliphatic rings.